The zero-order chi connectivity index (χ0) is 20.5. The summed E-state index contributed by atoms with van der Waals surface area (Å²) in [6, 6.07) is 8.04. The van der Waals surface area contributed by atoms with Gasteiger partial charge in [-0.1, -0.05) is 52.9 Å². The van der Waals surface area contributed by atoms with Gasteiger partial charge >= 0.3 is 17.8 Å². The topological polar surface area (TPSA) is 96.5 Å². The maximum absolute atomic E-state index is 13.7. The molecule has 0 radical (unpaired) electrons. The molecule has 0 aliphatic carbocycles. The number of alkyl halides is 5. The first-order valence-corrected chi connectivity index (χ1v) is 8.98. The summed E-state index contributed by atoms with van der Waals surface area (Å²) in [7, 11) is 0. The minimum atomic E-state index is -5.35. The molecule has 3 amide bonds. The minimum Gasteiger partial charge on any atom is -0.354 e. The van der Waals surface area contributed by atoms with Crippen molar-refractivity contribution < 1.29 is 36.8 Å². The fourth-order valence-electron chi connectivity index (χ4n) is 1.64. The maximum atomic E-state index is 13.7. The van der Waals surface area contributed by atoms with Crippen molar-refractivity contribution in [2.75, 3.05) is 17.5 Å². The average Bonchev–Trinajstić information content (AvgIpc) is 2.65. The number of rotatable bonds is 10. The Balaban J connectivity index is 2.54. The molecule has 0 unspecified atom stereocenters. The van der Waals surface area contributed by atoms with E-state index in [2.05, 4.69) is 10.2 Å². The quantitative estimate of drug-likeness (QED) is 0.146. The van der Waals surface area contributed by atoms with Crippen LogP contribution in [0.15, 0.2) is 30.3 Å². The molecular formula is C15H16F4IN3O4. The summed E-state index contributed by atoms with van der Waals surface area (Å²) in [6.07, 6.45) is 0. The van der Waals surface area contributed by atoms with Crippen molar-refractivity contribution >= 4 is 40.3 Å². The number of hydrogen-bond acceptors (Lipinski definition) is 4. The number of hydrogen-bond donors (Lipinski definition) is 3. The second-order valence-electron chi connectivity index (χ2n) is 5.09. The molecule has 0 bridgehead atoms. The van der Waals surface area contributed by atoms with E-state index in [1.807, 2.05) is 0 Å². The Morgan fingerprint density at radius 2 is 1.48 bits per heavy atom. The van der Waals surface area contributed by atoms with Gasteiger partial charge < -0.3 is 10.6 Å². The molecule has 0 saturated heterocycles. The third kappa shape index (κ3) is 6.61. The van der Waals surface area contributed by atoms with Gasteiger partial charge in [0.1, 0.15) is 0 Å². The van der Waals surface area contributed by atoms with Gasteiger partial charge in [0.25, 0.3) is 5.91 Å². The van der Waals surface area contributed by atoms with Gasteiger partial charge in [-0.15, -0.1) is 0 Å². The van der Waals surface area contributed by atoms with Crippen molar-refractivity contribution in [3.8, 4) is 0 Å². The number of carbonyl (C=O) groups excluding carboxylic acids is 3. The summed E-state index contributed by atoms with van der Waals surface area (Å²) in [5.41, 5.74) is 1.71. The molecule has 0 saturated carbocycles. The van der Waals surface area contributed by atoms with Gasteiger partial charge in [0.2, 0.25) is 5.91 Å². The highest BCUT2D eigenvalue weighted by Crippen LogP contribution is 2.34. The fraction of sp³-hybridized carbons (Fsp3) is 0.400. The molecule has 1 aromatic carbocycles. The van der Waals surface area contributed by atoms with E-state index < -0.39 is 36.1 Å². The Labute approximate surface area is 165 Å². The van der Waals surface area contributed by atoms with Crippen molar-refractivity contribution in [1.82, 2.24) is 16.1 Å². The lowest BCUT2D eigenvalue weighted by molar-refractivity contribution is -0.217. The Morgan fingerprint density at radius 3 is 2.07 bits per heavy atom. The highest BCUT2D eigenvalue weighted by Gasteiger charge is 2.67. The third-order valence-corrected chi connectivity index (χ3v) is 3.76. The molecule has 0 aliphatic rings. The van der Waals surface area contributed by atoms with Gasteiger partial charge in [-0.25, -0.2) is 5.48 Å². The van der Waals surface area contributed by atoms with Crippen LogP contribution in [0.5, 0.6) is 0 Å². The maximum Gasteiger partial charge on any atom is 0.397 e. The average molecular weight is 505 g/mol. The Morgan fingerprint density at radius 1 is 0.926 bits per heavy atom. The van der Waals surface area contributed by atoms with Gasteiger partial charge in [-0.2, -0.15) is 17.6 Å². The van der Waals surface area contributed by atoms with Crippen LogP contribution in [-0.4, -0.2) is 47.1 Å². The van der Waals surface area contributed by atoms with Crippen LogP contribution in [0.2, 0.25) is 0 Å². The highest BCUT2D eigenvalue weighted by molar-refractivity contribution is 14.1. The zero-order valence-electron chi connectivity index (χ0n) is 13.7. The number of nitrogens with one attached hydrogen (secondary N) is 3. The number of amides is 3. The molecule has 0 atom stereocenters. The monoisotopic (exact) mass is 505 g/mol. The van der Waals surface area contributed by atoms with Crippen LogP contribution in [0.3, 0.4) is 0 Å². The summed E-state index contributed by atoms with van der Waals surface area (Å²) in [6.45, 7) is -1.09. The predicted octanol–water partition coefficient (Wildman–Crippen LogP) is 1.17. The zero-order valence-corrected chi connectivity index (χ0v) is 15.9. The molecule has 0 aliphatic heterocycles. The standard InChI is InChI=1S/C15H16F4IN3O4/c16-14(17,12(25)22-7-6-21-11(24)8-20)15(18,19)13(26)23-27-9-10-4-2-1-3-5-10/h1-5H,6-9H2,(H,21,24)(H,22,25)(H,23,26). The SMILES string of the molecule is O=C(CI)NCCNC(=O)C(F)(F)C(F)(F)C(=O)NOCc1ccccc1. The van der Waals surface area contributed by atoms with E-state index in [1.165, 1.54) is 10.8 Å². The number of carbonyl (C=O) groups is 3. The van der Waals surface area contributed by atoms with Crippen LogP contribution >= 0.6 is 22.6 Å². The summed E-state index contributed by atoms with van der Waals surface area (Å²) in [4.78, 5) is 38.1. The van der Waals surface area contributed by atoms with Crippen molar-refractivity contribution in [1.29, 1.82) is 0 Å². The van der Waals surface area contributed by atoms with Gasteiger partial charge in [0, 0.05) is 13.1 Å². The van der Waals surface area contributed by atoms with Crippen molar-refractivity contribution in [2.24, 2.45) is 0 Å². The van der Waals surface area contributed by atoms with Crippen LogP contribution in [0, 0.1) is 0 Å². The first-order chi connectivity index (χ1) is 12.6. The smallest absolute Gasteiger partial charge is 0.354 e. The van der Waals surface area contributed by atoms with Crippen molar-refractivity contribution in [2.45, 2.75) is 18.5 Å². The van der Waals surface area contributed by atoms with E-state index in [4.69, 9.17) is 0 Å². The van der Waals surface area contributed by atoms with E-state index in [-0.39, 0.29) is 17.6 Å². The minimum absolute atomic E-state index is 0.100. The third-order valence-electron chi connectivity index (χ3n) is 3.07. The molecule has 1 aromatic rings. The largest absolute Gasteiger partial charge is 0.397 e. The second-order valence-corrected chi connectivity index (χ2v) is 5.86. The molecule has 150 valence electrons. The molecule has 27 heavy (non-hydrogen) atoms. The Bertz CT molecular complexity index is 662. The summed E-state index contributed by atoms with van der Waals surface area (Å²) in [5, 5.41) is 3.79. The van der Waals surface area contributed by atoms with Gasteiger partial charge in [0.05, 0.1) is 11.0 Å². The molecular weight excluding hydrogens is 489 g/mol. The van der Waals surface area contributed by atoms with E-state index >= 15 is 0 Å². The molecule has 1 rings (SSSR count). The first kappa shape index (κ1) is 23.1. The summed E-state index contributed by atoms with van der Waals surface area (Å²) >= 11 is 1.75. The van der Waals surface area contributed by atoms with E-state index in [0.717, 1.165) is 0 Å². The predicted molar refractivity (Wildman–Crippen MR) is 94.2 cm³/mol. The summed E-state index contributed by atoms with van der Waals surface area (Å²) < 4.78 is 54.8. The molecule has 0 fully saturated rings. The van der Waals surface area contributed by atoms with Crippen molar-refractivity contribution in [3.63, 3.8) is 0 Å². The lowest BCUT2D eigenvalue weighted by Crippen LogP contribution is -2.59. The molecule has 7 nitrogen and oxygen atoms in total. The van der Waals surface area contributed by atoms with E-state index in [1.54, 1.807) is 52.9 Å². The fourth-order valence-corrected chi connectivity index (χ4v) is 1.91. The molecule has 0 spiro atoms. The lowest BCUT2D eigenvalue weighted by atomic mass is 10.1. The van der Waals surface area contributed by atoms with Crippen LogP contribution < -0.4 is 16.1 Å². The number of hydroxylamine groups is 1. The number of halogens is 5. The van der Waals surface area contributed by atoms with Gasteiger partial charge in [-0.05, 0) is 5.56 Å². The molecule has 0 heterocycles. The Hall–Kier alpha value is -1.96. The van der Waals surface area contributed by atoms with Crippen LogP contribution in [-0.2, 0) is 25.8 Å². The molecule has 12 heteroatoms. The van der Waals surface area contributed by atoms with E-state index in [0.29, 0.717) is 5.56 Å². The lowest BCUT2D eigenvalue weighted by Gasteiger charge is -2.24. The van der Waals surface area contributed by atoms with Crippen LogP contribution in [0.25, 0.3) is 0 Å². The normalized spacial score (nSPS) is 11.6. The first-order valence-electron chi connectivity index (χ1n) is 7.45. The van der Waals surface area contributed by atoms with E-state index in [9.17, 15) is 31.9 Å². The molecule has 3 N–H and O–H groups in total. The molecule has 0 aromatic heterocycles. The summed E-state index contributed by atoms with van der Waals surface area (Å²) in [5.74, 6) is -15.9. The van der Waals surface area contributed by atoms with Gasteiger partial charge in [0.15, 0.2) is 0 Å². The van der Waals surface area contributed by atoms with Crippen molar-refractivity contribution in [3.05, 3.63) is 35.9 Å². The van der Waals surface area contributed by atoms with Crippen LogP contribution in [0.4, 0.5) is 17.6 Å². The highest BCUT2D eigenvalue weighted by atomic mass is 127. The second kappa shape index (κ2) is 10.4. The van der Waals surface area contributed by atoms with Crippen LogP contribution in [0.1, 0.15) is 5.56 Å². The number of benzene rings is 1. The Kier molecular flexibility index (Phi) is 8.88. The van der Waals surface area contributed by atoms with Gasteiger partial charge in [-0.3, -0.25) is 19.2 Å².